The van der Waals surface area contributed by atoms with E-state index in [1.165, 1.54) is 6.07 Å². The summed E-state index contributed by atoms with van der Waals surface area (Å²) in [5.74, 6) is 0.839. The molecule has 0 aliphatic carbocycles. The number of aromatic nitrogens is 3. The van der Waals surface area contributed by atoms with Crippen molar-refractivity contribution in [3.63, 3.8) is 0 Å². The summed E-state index contributed by atoms with van der Waals surface area (Å²) in [7, 11) is 0. The molecule has 2 aromatic heterocycles. The molecule has 1 aliphatic heterocycles. The molecule has 1 N–H and O–H groups in total. The van der Waals surface area contributed by atoms with Gasteiger partial charge in [0.1, 0.15) is 17.2 Å². The molecule has 1 aliphatic rings. The van der Waals surface area contributed by atoms with Crippen molar-refractivity contribution in [2.75, 3.05) is 18.4 Å². The summed E-state index contributed by atoms with van der Waals surface area (Å²) < 4.78 is 15.9. The van der Waals surface area contributed by atoms with Crippen LogP contribution in [0, 0.1) is 12.7 Å². The van der Waals surface area contributed by atoms with E-state index < -0.39 is 0 Å². The molecule has 0 radical (unpaired) electrons. The number of hydrogen-bond acceptors (Lipinski definition) is 3. The zero-order chi connectivity index (χ0) is 19.7. The Kier molecular flexibility index (Phi) is 4.98. The van der Waals surface area contributed by atoms with Crippen molar-refractivity contribution in [2.45, 2.75) is 39.2 Å². The maximum Gasteiger partial charge on any atom is 0.321 e. The van der Waals surface area contributed by atoms with E-state index in [0.29, 0.717) is 24.3 Å². The number of carbonyl (C=O) groups is 1. The molecule has 0 bridgehead atoms. The second kappa shape index (κ2) is 7.58. The molecule has 0 spiro atoms. The number of rotatable bonds is 4. The van der Waals surface area contributed by atoms with Gasteiger partial charge in [0.15, 0.2) is 5.65 Å². The fourth-order valence-electron chi connectivity index (χ4n) is 3.76. The van der Waals surface area contributed by atoms with Crippen LogP contribution in [0.3, 0.4) is 0 Å². The summed E-state index contributed by atoms with van der Waals surface area (Å²) in [5.41, 5.74) is 2.82. The fourth-order valence-corrected chi connectivity index (χ4v) is 3.76. The highest BCUT2D eigenvalue weighted by Gasteiger charge is 2.31. The first-order valence-electron chi connectivity index (χ1n) is 9.70. The first kappa shape index (κ1) is 18.4. The number of amides is 2. The maximum absolute atomic E-state index is 13.7. The van der Waals surface area contributed by atoms with Crippen LogP contribution in [-0.2, 0) is 6.54 Å². The van der Waals surface area contributed by atoms with Gasteiger partial charge < -0.3 is 14.8 Å². The monoisotopic (exact) mass is 381 g/mol. The minimum Gasteiger partial charge on any atom is -0.324 e. The molecule has 3 aromatic rings. The predicted octanol–water partition coefficient (Wildman–Crippen LogP) is 4.31. The Labute approximate surface area is 163 Å². The van der Waals surface area contributed by atoms with Gasteiger partial charge in [-0.2, -0.15) is 0 Å². The largest absolute Gasteiger partial charge is 0.324 e. The summed E-state index contributed by atoms with van der Waals surface area (Å²) >= 11 is 0. The summed E-state index contributed by atoms with van der Waals surface area (Å²) in [6, 6.07) is 8.40. The number of nitrogens with one attached hydrogen (secondary N) is 1. The van der Waals surface area contributed by atoms with Gasteiger partial charge in [0.25, 0.3) is 0 Å². The number of pyridine rings is 1. The normalized spacial score (nSPS) is 16.7. The molecule has 0 saturated carbocycles. The lowest BCUT2D eigenvalue weighted by Crippen LogP contribution is -2.33. The molecule has 3 heterocycles. The Bertz CT molecular complexity index is 1020. The number of anilines is 1. The van der Waals surface area contributed by atoms with Crippen molar-refractivity contribution < 1.29 is 9.18 Å². The second-order valence-electron chi connectivity index (χ2n) is 7.29. The smallest absolute Gasteiger partial charge is 0.321 e. The van der Waals surface area contributed by atoms with Gasteiger partial charge in [0, 0.05) is 37.4 Å². The Hall–Kier alpha value is -2.96. The van der Waals surface area contributed by atoms with Gasteiger partial charge in [-0.05, 0) is 49.6 Å². The van der Waals surface area contributed by atoms with E-state index in [1.807, 2.05) is 12.1 Å². The van der Waals surface area contributed by atoms with Crippen LogP contribution < -0.4 is 5.32 Å². The number of fused-ring (bicyclic) bond motifs is 1. The number of likely N-dealkylation sites (tertiary alicyclic amines) is 1. The van der Waals surface area contributed by atoms with Crippen LogP contribution in [0.5, 0.6) is 0 Å². The Balaban J connectivity index is 1.51. The standard InChI is InChI=1S/C21H24FN5O/c1-3-10-27-19(25-18-5-4-9-23-20(18)27)15-8-11-26(13-15)21(28)24-16-7-6-14(2)17(22)12-16/h4-7,9,12,15H,3,8,10-11,13H2,1-2H3,(H,24,28). The zero-order valence-corrected chi connectivity index (χ0v) is 16.2. The number of aryl methyl sites for hydroxylation is 2. The lowest BCUT2D eigenvalue weighted by Gasteiger charge is -2.18. The Morgan fingerprint density at radius 2 is 2.21 bits per heavy atom. The van der Waals surface area contributed by atoms with Crippen molar-refractivity contribution in [1.29, 1.82) is 0 Å². The number of hydrogen-bond donors (Lipinski definition) is 1. The van der Waals surface area contributed by atoms with E-state index >= 15 is 0 Å². The number of carbonyl (C=O) groups excluding carboxylic acids is 1. The summed E-state index contributed by atoms with van der Waals surface area (Å²) in [5, 5.41) is 2.80. The van der Waals surface area contributed by atoms with E-state index in [-0.39, 0.29) is 17.8 Å². The lowest BCUT2D eigenvalue weighted by atomic mass is 10.1. The molecule has 1 atom stereocenters. The first-order valence-corrected chi connectivity index (χ1v) is 9.70. The molecule has 1 saturated heterocycles. The molecule has 1 unspecified atom stereocenters. The number of urea groups is 1. The third kappa shape index (κ3) is 3.44. The quantitative estimate of drug-likeness (QED) is 0.732. The molecule has 2 amide bonds. The average molecular weight is 381 g/mol. The number of imidazole rings is 1. The van der Waals surface area contributed by atoms with Crippen LogP contribution in [0.15, 0.2) is 36.5 Å². The highest BCUT2D eigenvalue weighted by molar-refractivity contribution is 5.89. The van der Waals surface area contributed by atoms with E-state index in [1.54, 1.807) is 30.2 Å². The SMILES string of the molecule is CCCn1c(C2CCN(C(=O)Nc3ccc(C)c(F)c3)C2)nc2cccnc21. The van der Waals surface area contributed by atoms with Gasteiger partial charge in [-0.15, -0.1) is 0 Å². The minimum atomic E-state index is -0.321. The van der Waals surface area contributed by atoms with E-state index in [2.05, 4.69) is 21.8 Å². The van der Waals surface area contributed by atoms with E-state index in [4.69, 9.17) is 4.98 Å². The van der Waals surface area contributed by atoms with Crippen LogP contribution >= 0.6 is 0 Å². The van der Waals surface area contributed by atoms with Crippen LogP contribution in [0.25, 0.3) is 11.2 Å². The number of nitrogens with zero attached hydrogens (tertiary/aromatic N) is 4. The fraction of sp³-hybridized carbons (Fsp3) is 0.381. The van der Waals surface area contributed by atoms with Gasteiger partial charge in [0.05, 0.1) is 0 Å². The third-order valence-corrected chi connectivity index (χ3v) is 5.24. The summed E-state index contributed by atoms with van der Waals surface area (Å²) in [6.45, 7) is 5.92. The molecule has 6 nitrogen and oxygen atoms in total. The van der Waals surface area contributed by atoms with Crippen LogP contribution in [0.1, 0.15) is 37.1 Å². The minimum absolute atomic E-state index is 0.168. The van der Waals surface area contributed by atoms with Crippen LogP contribution in [0.4, 0.5) is 14.9 Å². The second-order valence-corrected chi connectivity index (χ2v) is 7.29. The van der Waals surface area contributed by atoms with E-state index in [0.717, 1.165) is 36.4 Å². The lowest BCUT2D eigenvalue weighted by molar-refractivity contribution is 0.222. The van der Waals surface area contributed by atoms with Crippen molar-refractivity contribution in [3.8, 4) is 0 Å². The molecule has 1 aromatic carbocycles. The van der Waals surface area contributed by atoms with Crippen LogP contribution in [-0.4, -0.2) is 38.6 Å². The van der Waals surface area contributed by atoms with Gasteiger partial charge in [-0.3, -0.25) is 0 Å². The molecular formula is C21H24FN5O. The Morgan fingerprint density at radius 1 is 1.36 bits per heavy atom. The Morgan fingerprint density at radius 3 is 3.00 bits per heavy atom. The first-order chi connectivity index (χ1) is 13.6. The van der Waals surface area contributed by atoms with Gasteiger partial charge in [-0.25, -0.2) is 19.2 Å². The van der Waals surface area contributed by atoms with Crippen molar-refractivity contribution >= 4 is 22.9 Å². The predicted molar refractivity (Wildman–Crippen MR) is 107 cm³/mol. The van der Waals surface area contributed by atoms with Crippen LogP contribution in [0.2, 0.25) is 0 Å². The molecule has 7 heteroatoms. The van der Waals surface area contributed by atoms with E-state index in [9.17, 15) is 9.18 Å². The topological polar surface area (TPSA) is 63.1 Å². The van der Waals surface area contributed by atoms with Gasteiger partial charge >= 0.3 is 6.03 Å². The van der Waals surface area contributed by atoms with Gasteiger partial charge in [-0.1, -0.05) is 13.0 Å². The number of halogens is 1. The highest BCUT2D eigenvalue weighted by Crippen LogP contribution is 2.29. The third-order valence-electron chi connectivity index (χ3n) is 5.24. The molecular weight excluding hydrogens is 357 g/mol. The highest BCUT2D eigenvalue weighted by atomic mass is 19.1. The number of benzene rings is 1. The molecule has 28 heavy (non-hydrogen) atoms. The zero-order valence-electron chi connectivity index (χ0n) is 16.2. The molecule has 146 valence electrons. The van der Waals surface area contributed by atoms with Crippen molar-refractivity contribution in [1.82, 2.24) is 19.4 Å². The summed E-state index contributed by atoms with van der Waals surface area (Å²) in [4.78, 5) is 23.7. The van der Waals surface area contributed by atoms with Crippen molar-refractivity contribution in [2.24, 2.45) is 0 Å². The molecule has 4 rings (SSSR count). The average Bonchev–Trinajstić information content (AvgIpc) is 3.30. The maximum atomic E-state index is 13.7. The van der Waals surface area contributed by atoms with Crippen molar-refractivity contribution in [3.05, 3.63) is 53.7 Å². The van der Waals surface area contributed by atoms with Gasteiger partial charge in [0.2, 0.25) is 0 Å². The molecule has 1 fully saturated rings. The summed E-state index contributed by atoms with van der Waals surface area (Å²) in [6.07, 6.45) is 3.63.